The fourth-order valence-electron chi connectivity index (χ4n) is 1.52. The number of benzene rings is 2. The van der Waals surface area contributed by atoms with Crippen molar-refractivity contribution in [2.75, 3.05) is 0 Å². The summed E-state index contributed by atoms with van der Waals surface area (Å²) in [6, 6.07) is 13.4. The fourth-order valence-corrected chi connectivity index (χ4v) is 1.52. The van der Waals surface area contributed by atoms with Gasteiger partial charge in [0, 0.05) is 10.9 Å². The van der Waals surface area contributed by atoms with E-state index in [-0.39, 0.29) is 0 Å². The first kappa shape index (κ1) is 8.35. The van der Waals surface area contributed by atoms with Crippen LogP contribution < -0.4 is 0 Å². The van der Waals surface area contributed by atoms with E-state index >= 15 is 0 Å². The van der Waals surface area contributed by atoms with Gasteiger partial charge in [-0.2, -0.15) is 5.26 Å². The Kier molecular flexibility index (Phi) is 1.94. The molecule has 0 atom stereocenters. The number of nitrogens with zero attached hydrogens (tertiary/aromatic N) is 1. The third kappa shape index (κ3) is 1.13. The number of hydrogen-bond donors (Lipinski definition) is 0. The van der Waals surface area contributed by atoms with E-state index in [1.165, 1.54) is 0 Å². The van der Waals surface area contributed by atoms with E-state index in [1.54, 1.807) is 12.1 Å². The second-order valence-electron chi connectivity index (χ2n) is 2.96. The van der Waals surface area contributed by atoms with Gasteiger partial charge in [0.2, 0.25) is 0 Å². The molecule has 0 aliphatic carbocycles. The zero-order chi connectivity index (χ0) is 9.97. The summed E-state index contributed by atoms with van der Waals surface area (Å²) in [7, 11) is 0. The molecule has 0 heterocycles. The van der Waals surface area contributed by atoms with Crippen molar-refractivity contribution in [1.82, 2.24) is 0 Å². The Morgan fingerprint density at radius 2 is 1.50 bits per heavy atom. The van der Waals surface area contributed by atoms with Gasteiger partial charge in [0.05, 0.1) is 11.6 Å². The average Bonchev–Trinajstić information content (AvgIpc) is 2.27. The molecule has 0 saturated heterocycles. The SMILES string of the molecule is C#Cc1ccc(C#N)c2ccccc12. The molecule has 0 aliphatic rings. The molecule has 0 bridgehead atoms. The average molecular weight is 177 g/mol. The molecule has 14 heavy (non-hydrogen) atoms. The first-order chi connectivity index (χ1) is 6.86. The third-order valence-corrected chi connectivity index (χ3v) is 2.20. The maximum atomic E-state index is 8.90. The van der Waals surface area contributed by atoms with Crippen molar-refractivity contribution < 1.29 is 0 Å². The minimum absolute atomic E-state index is 0.666. The molecule has 0 spiro atoms. The number of terminal acetylenes is 1. The van der Waals surface area contributed by atoms with Crippen molar-refractivity contribution in [3.63, 3.8) is 0 Å². The summed E-state index contributed by atoms with van der Waals surface area (Å²) in [4.78, 5) is 0. The smallest absolute Gasteiger partial charge is 0.0998 e. The van der Waals surface area contributed by atoms with E-state index in [0.29, 0.717) is 5.56 Å². The summed E-state index contributed by atoms with van der Waals surface area (Å²) in [5.41, 5.74) is 1.50. The second-order valence-corrected chi connectivity index (χ2v) is 2.96. The van der Waals surface area contributed by atoms with Crippen molar-refractivity contribution in [2.24, 2.45) is 0 Å². The summed E-state index contributed by atoms with van der Waals surface area (Å²) in [5, 5.41) is 10.8. The van der Waals surface area contributed by atoms with Gasteiger partial charge in [-0.1, -0.05) is 30.2 Å². The molecule has 0 radical (unpaired) electrons. The highest BCUT2D eigenvalue weighted by molar-refractivity contribution is 5.92. The van der Waals surface area contributed by atoms with Gasteiger partial charge in [-0.25, -0.2) is 0 Å². The lowest BCUT2D eigenvalue weighted by Crippen LogP contribution is -1.83. The molecule has 1 nitrogen and oxygen atoms in total. The predicted molar refractivity (Wildman–Crippen MR) is 56.6 cm³/mol. The lowest BCUT2D eigenvalue weighted by atomic mass is 10.0. The zero-order valence-electron chi connectivity index (χ0n) is 7.49. The highest BCUT2D eigenvalue weighted by atomic mass is 14.2. The summed E-state index contributed by atoms with van der Waals surface area (Å²) in [6.45, 7) is 0. The Bertz CT molecular complexity index is 515. The largest absolute Gasteiger partial charge is 0.192 e. The normalized spacial score (nSPS) is 9.29. The maximum Gasteiger partial charge on any atom is 0.0998 e. The molecule has 2 aromatic rings. The highest BCUT2D eigenvalue weighted by Crippen LogP contribution is 2.21. The molecule has 0 amide bonds. The van der Waals surface area contributed by atoms with Crippen molar-refractivity contribution in [2.45, 2.75) is 0 Å². The number of rotatable bonds is 0. The Labute approximate surface area is 82.6 Å². The van der Waals surface area contributed by atoms with Crippen LogP contribution in [0.4, 0.5) is 0 Å². The van der Waals surface area contributed by atoms with Crippen molar-refractivity contribution >= 4 is 10.8 Å². The van der Waals surface area contributed by atoms with E-state index in [9.17, 15) is 0 Å². The molecule has 0 fully saturated rings. The van der Waals surface area contributed by atoms with Crippen molar-refractivity contribution in [3.8, 4) is 18.4 Å². The van der Waals surface area contributed by atoms with Gasteiger partial charge in [-0.05, 0) is 17.5 Å². The molecule has 2 aromatic carbocycles. The van der Waals surface area contributed by atoms with Crippen LogP contribution in [0.5, 0.6) is 0 Å². The fraction of sp³-hybridized carbons (Fsp3) is 0. The minimum atomic E-state index is 0.666. The van der Waals surface area contributed by atoms with Crippen molar-refractivity contribution in [1.29, 1.82) is 5.26 Å². The van der Waals surface area contributed by atoms with E-state index in [4.69, 9.17) is 11.7 Å². The molecular formula is C13H7N. The molecule has 0 aliphatic heterocycles. The monoisotopic (exact) mass is 177 g/mol. The van der Waals surface area contributed by atoms with Crippen LogP contribution in [-0.4, -0.2) is 0 Å². The quantitative estimate of drug-likeness (QED) is 0.567. The summed E-state index contributed by atoms with van der Waals surface area (Å²) in [5.74, 6) is 2.61. The topological polar surface area (TPSA) is 23.8 Å². The van der Waals surface area contributed by atoms with Gasteiger partial charge in [0.25, 0.3) is 0 Å². The molecule has 64 valence electrons. The first-order valence-electron chi connectivity index (χ1n) is 4.25. The van der Waals surface area contributed by atoms with Crippen LogP contribution in [-0.2, 0) is 0 Å². The maximum absolute atomic E-state index is 8.90. The Balaban J connectivity index is 2.96. The van der Waals surface area contributed by atoms with E-state index < -0.39 is 0 Å². The van der Waals surface area contributed by atoms with E-state index in [1.807, 2.05) is 24.3 Å². The van der Waals surface area contributed by atoms with Crippen LogP contribution in [0.25, 0.3) is 10.8 Å². The number of nitriles is 1. The van der Waals surface area contributed by atoms with Crippen LogP contribution in [0.3, 0.4) is 0 Å². The molecular weight excluding hydrogens is 170 g/mol. The Hall–Kier alpha value is -2.25. The predicted octanol–water partition coefficient (Wildman–Crippen LogP) is 2.69. The molecule has 0 aromatic heterocycles. The summed E-state index contributed by atoms with van der Waals surface area (Å²) in [6.07, 6.45) is 5.37. The van der Waals surface area contributed by atoms with Crippen LogP contribution >= 0.6 is 0 Å². The van der Waals surface area contributed by atoms with Crippen LogP contribution in [0.1, 0.15) is 11.1 Å². The summed E-state index contributed by atoms with van der Waals surface area (Å²) >= 11 is 0. The standard InChI is InChI=1S/C13H7N/c1-2-10-7-8-11(9-14)13-6-4-3-5-12(10)13/h1,3-8H. The minimum Gasteiger partial charge on any atom is -0.192 e. The van der Waals surface area contributed by atoms with Crippen molar-refractivity contribution in [3.05, 3.63) is 47.5 Å². The van der Waals surface area contributed by atoms with Gasteiger partial charge in [0.1, 0.15) is 0 Å². The Morgan fingerprint density at radius 3 is 2.07 bits per heavy atom. The highest BCUT2D eigenvalue weighted by Gasteiger charge is 2.02. The molecule has 1 heteroatoms. The van der Waals surface area contributed by atoms with Crippen LogP contribution in [0.2, 0.25) is 0 Å². The number of hydrogen-bond acceptors (Lipinski definition) is 1. The lowest BCUT2D eigenvalue weighted by Gasteiger charge is -2.01. The Morgan fingerprint density at radius 1 is 0.929 bits per heavy atom. The molecule has 0 N–H and O–H groups in total. The van der Waals surface area contributed by atoms with Gasteiger partial charge in [-0.15, -0.1) is 6.42 Å². The molecule has 0 saturated carbocycles. The van der Waals surface area contributed by atoms with Gasteiger partial charge in [-0.3, -0.25) is 0 Å². The zero-order valence-corrected chi connectivity index (χ0v) is 7.49. The van der Waals surface area contributed by atoms with E-state index in [2.05, 4.69) is 12.0 Å². The summed E-state index contributed by atoms with van der Waals surface area (Å²) < 4.78 is 0. The second kappa shape index (κ2) is 3.24. The lowest BCUT2D eigenvalue weighted by molar-refractivity contribution is 1.50. The number of fused-ring (bicyclic) bond motifs is 1. The molecule has 0 unspecified atom stereocenters. The van der Waals surface area contributed by atoms with E-state index in [0.717, 1.165) is 16.3 Å². The van der Waals surface area contributed by atoms with Gasteiger partial charge < -0.3 is 0 Å². The van der Waals surface area contributed by atoms with Gasteiger partial charge in [0.15, 0.2) is 0 Å². The third-order valence-electron chi connectivity index (χ3n) is 2.20. The van der Waals surface area contributed by atoms with Gasteiger partial charge >= 0.3 is 0 Å². The molecule has 2 rings (SSSR count). The van der Waals surface area contributed by atoms with Crippen LogP contribution in [0.15, 0.2) is 36.4 Å². The first-order valence-corrected chi connectivity index (χ1v) is 4.25. The van der Waals surface area contributed by atoms with Crippen LogP contribution in [0, 0.1) is 23.7 Å².